The third-order valence-electron chi connectivity index (χ3n) is 4.21. The summed E-state index contributed by atoms with van der Waals surface area (Å²) in [6, 6.07) is 0. The van der Waals surface area contributed by atoms with Gasteiger partial charge in [-0.05, 0) is 32.1 Å². The first-order chi connectivity index (χ1) is 7.04. The molecule has 1 amide bonds. The predicted molar refractivity (Wildman–Crippen MR) is 60.4 cm³/mol. The van der Waals surface area contributed by atoms with E-state index in [0.717, 1.165) is 25.7 Å². The van der Waals surface area contributed by atoms with Crippen LogP contribution in [-0.4, -0.2) is 18.0 Å². The number of hydrogen-bond donors (Lipinski definition) is 2. The van der Waals surface area contributed by atoms with Crippen molar-refractivity contribution in [2.24, 2.45) is 11.1 Å². The topological polar surface area (TPSA) is 55.1 Å². The molecule has 0 heterocycles. The SMILES string of the molecule is CC1(C(=O)NCC2(N)CCC2)CCCC1. The number of nitrogens with two attached hydrogens (primary N) is 1. The first kappa shape index (κ1) is 10.9. The zero-order valence-electron chi connectivity index (χ0n) is 9.64. The second-order valence-electron chi connectivity index (χ2n) is 5.67. The van der Waals surface area contributed by atoms with E-state index in [0.29, 0.717) is 6.54 Å². The van der Waals surface area contributed by atoms with Crippen LogP contribution in [0, 0.1) is 5.41 Å². The molecule has 2 fully saturated rings. The molecule has 0 aromatic carbocycles. The van der Waals surface area contributed by atoms with Crippen molar-refractivity contribution >= 4 is 5.91 Å². The smallest absolute Gasteiger partial charge is 0.226 e. The van der Waals surface area contributed by atoms with Crippen LogP contribution in [0.1, 0.15) is 51.9 Å². The average molecular weight is 210 g/mol. The Kier molecular flexibility index (Phi) is 2.75. The van der Waals surface area contributed by atoms with Crippen molar-refractivity contribution in [2.75, 3.05) is 6.54 Å². The van der Waals surface area contributed by atoms with Crippen molar-refractivity contribution in [3.63, 3.8) is 0 Å². The predicted octanol–water partition coefficient (Wildman–Crippen LogP) is 1.56. The van der Waals surface area contributed by atoms with Gasteiger partial charge in [-0.2, -0.15) is 0 Å². The highest BCUT2D eigenvalue weighted by Gasteiger charge is 2.38. The first-order valence-electron chi connectivity index (χ1n) is 6.11. The van der Waals surface area contributed by atoms with E-state index in [1.54, 1.807) is 0 Å². The molecule has 2 aliphatic carbocycles. The molecule has 0 aliphatic heterocycles. The molecule has 3 heteroatoms. The Morgan fingerprint density at radius 2 is 1.80 bits per heavy atom. The molecule has 3 N–H and O–H groups in total. The number of carbonyl (C=O) groups is 1. The van der Waals surface area contributed by atoms with Gasteiger partial charge in [0.15, 0.2) is 0 Å². The molecule has 0 unspecified atom stereocenters. The standard InChI is InChI=1S/C12H22N2O/c1-11(5-2-3-6-11)10(15)14-9-12(13)7-4-8-12/h2-9,13H2,1H3,(H,14,15). The number of carbonyl (C=O) groups excluding carboxylic acids is 1. The van der Waals surface area contributed by atoms with Gasteiger partial charge in [0, 0.05) is 17.5 Å². The quantitative estimate of drug-likeness (QED) is 0.743. The minimum atomic E-state index is -0.111. The molecule has 2 aliphatic rings. The van der Waals surface area contributed by atoms with Crippen LogP contribution >= 0.6 is 0 Å². The van der Waals surface area contributed by atoms with E-state index in [9.17, 15) is 4.79 Å². The average Bonchev–Trinajstić information content (AvgIpc) is 2.60. The molecule has 0 bridgehead atoms. The Morgan fingerprint density at radius 1 is 1.20 bits per heavy atom. The van der Waals surface area contributed by atoms with Gasteiger partial charge in [-0.15, -0.1) is 0 Å². The highest BCUT2D eigenvalue weighted by Crippen LogP contribution is 2.38. The van der Waals surface area contributed by atoms with Gasteiger partial charge in [0.2, 0.25) is 5.91 Å². The Hall–Kier alpha value is -0.570. The Balaban J connectivity index is 1.81. The molecular weight excluding hydrogens is 188 g/mol. The lowest BCUT2D eigenvalue weighted by Crippen LogP contribution is -2.56. The fourth-order valence-corrected chi connectivity index (χ4v) is 2.66. The summed E-state index contributed by atoms with van der Waals surface area (Å²) in [5, 5.41) is 3.04. The Morgan fingerprint density at radius 3 is 2.27 bits per heavy atom. The Bertz CT molecular complexity index is 252. The van der Waals surface area contributed by atoms with Gasteiger partial charge in [-0.25, -0.2) is 0 Å². The second kappa shape index (κ2) is 3.78. The van der Waals surface area contributed by atoms with Crippen LogP contribution in [0.4, 0.5) is 0 Å². The van der Waals surface area contributed by atoms with Crippen LogP contribution in [0.15, 0.2) is 0 Å². The van der Waals surface area contributed by atoms with Gasteiger partial charge in [-0.1, -0.05) is 19.8 Å². The summed E-state index contributed by atoms with van der Waals surface area (Å²) in [5.41, 5.74) is 5.87. The van der Waals surface area contributed by atoms with E-state index in [2.05, 4.69) is 12.2 Å². The van der Waals surface area contributed by atoms with Crippen LogP contribution in [0.2, 0.25) is 0 Å². The normalized spacial score (nSPS) is 27.1. The van der Waals surface area contributed by atoms with Crippen LogP contribution in [0.5, 0.6) is 0 Å². The fourth-order valence-electron chi connectivity index (χ4n) is 2.66. The number of rotatable bonds is 3. The van der Waals surface area contributed by atoms with Crippen LogP contribution < -0.4 is 11.1 Å². The van der Waals surface area contributed by atoms with Gasteiger partial charge in [0.05, 0.1) is 0 Å². The number of hydrogen-bond acceptors (Lipinski definition) is 2. The minimum Gasteiger partial charge on any atom is -0.354 e. The third kappa shape index (κ3) is 2.17. The summed E-state index contributed by atoms with van der Waals surface area (Å²) in [5.74, 6) is 0.219. The molecule has 0 aromatic rings. The monoisotopic (exact) mass is 210 g/mol. The molecule has 2 saturated carbocycles. The molecule has 3 nitrogen and oxygen atoms in total. The summed E-state index contributed by atoms with van der Waals surface area (Å²) in [4.78, 5) is 12.0. The summed E-state index contributed by atoms with van der Waals surface area (Å²) >= 11 is 0. The van der Waals surface area contributed by atoms with Gasteiger partial charge in [-0.3, -0.25) is 4.79 Å². The summed E-state index contributed by atoms with van der Waals surface area (Å²) in [6.07, 6.45) is 7.79. The summed E-state index contributed by atoms with van der Waals surface area (Å²) in [7, 11) is 0. The van der Waals surface area contributed by atoms with Gasteiger partial charge < -0.3 is 11.1 Å². The molecular formula is C12H22N2O. The molecule has 15 heavy (non-hydrogen) atoms. The van der Waals surface area contributed by atoms with Crippen molar-refractivity contribution in [3.8, 4) is 0 Å². The highest BCUT2D eigenvalue weighted by atomic mass is 16.2. The second-order valence-corrected chi connectivity index (χ2v) is 5.67. The lowest BCUT2D eigenvalue weighted by Gasteiger charge is -2.39. The molecule has 0 aromatic heterocycles. The lowest BCUT2D eigenvalue weighted by molar-refractivity contribution is -0.130. The molecule has 2 rings (SSSR count). The maximum atomic E-state index is 12.0. The van der Waals surface area contributed by atoms with Crippen LogP contribution in [-0.2, 0) is 4.79 Å². The molecule has 0 spiro atoms. The van der Waals surface area contributed by atoms with E-state index in [4.69, 9.17) is 5.73 Å². The molecule has 0 saturated heterocycles. The maximum Gasteiger partial charge on any atom is 0.226 e. The van der Waals surface area contributed by atoms with Crippen molar-refractivity contribution in [3.05, 3.63) is 0 Å². The third-order valence-corrected chi connectivity index (χ3v) is 4.21. The lowest BCUT2D eigenvalue weighted by atomic mass is 9.77. The summed E-state index contributed by atoms with van der Waals surface area (Å²) in [6.45, 7) is 2.75. The zero-order chi connectivity index (χ0) is 10.9. The van der Waals surface area contributed by atoms with Crippen LogP contribution in [0.3, 0.4) is 0 Å². The number of amides is 1. The number of nitrogens with one attached hydrogen (secondary N) is 1. The fraction of sp³-hybridized carbons (Fsp3) is 0.917. The highest BCUT2D eigenvalue weighted by molar-refractivity contribution is 5.82. The maximum absolute atomic E-state index is 12.0. The Labute approximate surface area is 91.8 Å². The van der Waals surface area contributed by atoms with Crippen molar-refractivity contribution < 1.29 is 4.79 Å². The van der Waals surface area contributed by atoms with E-state index < -0.39 is 0 Å². The van der Waals surface area contributed by atoms with E-state index in [1.807, 2.05) is 0 Å². The zero-order valence-corrected chi connectivity index (χ0v) is 9.64. The first-order valence-corrected chi connectivity index (χ1v) is 6.11. The molecule has 86 valence electrons. The van der Waals surface area contributed by atoms with E-state index >= 15 is 0 Å². The van der Waals surface area contributed by atoms with Crippen LogP contribution in [0.25, 0.3) is 0 Å². The summed E-state index contributed by atoms with van der Waals surface area (Å²) < 4.78 is 0. The minimum absolute atomic E-state index is 0.0926. The van der Waals surface area contributed by atoms with E-state index in [1.165, 1.54) is 19.3 Å². The molecule has 0 atom stereocenters. The van der Waals surface area contributed by atoms with Crippen molar-refractivity contribution in [2.45, 2.75) is 57.4 Å². The molecule has 0 radical (unpaired) electrons. The van der Waals surface area contributed by atoms with Crippen molar-refractivity contribution in [1.29, 1.82) is 0 Å². The van der Waals surface area contributed by atoms with E-state index in [-0.39, 0.29) is 16.9 Å². The largest absolute Gasteiger partial charge is 0.354 e. The van der Waals surface area contributed by atoms with Gasteiger partial charge >= 0.3 is 0 Å². The van der Waals surface area contributed by atoms with Gasteiger partial charge in [0.25, 0.3) is 0 Å². The van der Waals surface area contributed by atoms with Crippen molar-refractivity contribution in [1.82, 2.24) is 5.32 Å². The van der Waals surface area contributed by atoms with Gasteiger partial charge in [0.1, 0.15) is 0 Å².